The lowest BCUT2D eigenvalue weighted by atomic mass is 10.1. The summed E-state index contributed by atoms with van der Waals surface area (Å²) in [6.07, 6.45) is 0.812. The molecule has 1 aromatic rings. The van der Waals surface area contributed by atoms with Crippen molar-refractivity contribution in [2.24, 2.45) is 0 Å². The van der Waals surface area contributed by atoms with Gasteiger partial charge >= 0.3 is 0 Å². The van der Waals surface area contributed by atoms with Crippen LogP contribution in [0, 0.1) is 0 Å². The van der Waals surface area contributed by atoms with E-state index in [2.05, 4.69) is 17.6 Å². The maximum Gasteiger partial charge on any atom is 0.249 e. The number of hydrogen-bond acceptors (Lipinski definition) is 3. The van der Waals surface area contributed by atoms with Crippen molar-refractivity contribution in [1.29, 1.82) is 0 Å². The second kappa shape index (κ2) is 2.95. The highest BCUT2D eigenvalue weighted by Crippen LogP contribution is 2.19. The molecule has 0 saturated carbocycles. The first-order valence-corrected chi connectivity index (χ1v) is 4.24. The van der Waals surface area contributed by atoms with E-state index in [1.54, 1.807) is 6.07 Å². The molecule has 0 amide bonds. The molecule has 0 unspecified atom stereocenters. The Kier molecular flexibility index (Phi) is 1.94. The van der Waals surface area contributed by atoms with Gasteiger partial charge in [0.2, 0.25) is 5.56 Å². The van der Waals surface area contributed by atoms with E-state index in [9.17, 15) is 4.79 Å². The lowest BCUT2D eigenvalue weighted by Gasteiger charge is -2.16. The standard InChI is InChI=1S/C8H9NO2S/c10-7-3-5-1-2-11-4-6(5)8(12)9-7/h3H,1-2,4H2,(H2,9,10,12). The molecule has 3 nitrogen and oxygen atoms in total. The molecule has 0 radical (unpaired) electrons. The number of thiol groups is 1. The Bertz CT molecular complexity index is 359. The molecular formula is C8H9NO2S. The summed E-state index contributed by atoms with van der Waals surface area (Å²) in [5.41, 5.74) is 2.00. The number of rotatable bonds is 0. The summed E-state index contributed by atoms with van der Waals surface area (Å²) in [6, 6.07) is 1.62. The molecule has 1 aromatic heterocycles. The summed E-state index contributed by atoms with van der Waals surface area (Å²) in [7, 11) is 0. The van der Waals surface area contributed by atoms with Crippen LogP contribution < -0.4 is 5.56 Å². The normalized spacial score (nSPS) is 15.8. The van der Waals surface area contributed by atoms with Gasteiger partial charge in [0.1, 0.15) is 0 Å². The summed E-state index contributed by atoms with van der Waals surface area (Å²) in [6.45, 7) is 1.26. The summed E-state index contributed by atoms with van der Waals surface area (Å²) in [5, 5.41) is 0.636. The average Bonchev–Trinajstić information content (AvgIpc) is 2.04. The van der Waals surface area contributed by atoms with Gasteiger partial charge in [-0.05, 0) is 12.0 Å². The third-order valence-electron chi connectivity index (χ3n) is 1.98. The fourth-order valence-electron chi connectivity index (χ4n) is 1.37. The minimum absolute atomic E-state index is 0.0827. The molecule has 0 fully saturated rings. The van der Waals surface area contributed by atoms with Crippen molar-refractivity contribution < 1.29 is 4.74 Å². The maximum absolute atomic E-state index is 11.0. The highest BCUT2D eigenvalue weighted by Gasteiger charge is 2.12. The molecule has 1 aliphatic rings. The van der Waals surface area contributed by atoms with Crippen LogP contribution in [-0.4, -0.2) is 11.6 Å². The van der Waals surface area contributed by atoms with Crippen molar-refractivity contribution in [3.63, 3.8) is 0 Å². The number of hydrogen-bond donors (Lipinski definition) is 2. The first-order chi connectivity index (χ1) is 5.77. The summed E-state index contributed by atoms with van der Waals surface area (Å²) < 4.78 is 5.25. The van der Waals surface area contributed by atoms with Crippen LogP contribution in [0.4, 0.5) is 0 Å². The zero-order valence-corrected chi connectivity index (χ0v) is 7.36. The predicted octanol–water partition coefficient (Wildman–Crippen LogP) is 0.736. The first-order valence-electron chi connectivity index (χ1n) is 3.79. The minimum atomic E-state index is -0.0827. The van der Waals surface area contributed by atoms with Gasteiger partial charge < -0.3 is 9.72 Å². The maximum atomic E-state index is 11.0. The van der Waals surface area contributed by atoms with Gasteiger partial charge in [-0.2, -0.15) is 0 Å². The van der Waals surface area contributed by atoms with Gasteiger partial charge in [0, 0.05) is 11.6 Å². The molecule has 1 N–H and O–H groups in total. The van der Waals surface area contributed by atoms with Crippen LogP contribution in [0.2, 0.25) is 0 Å². The molecule has 2 rings (SSSR count). The van der Waals surface area contributed by atoms with Crippen molar-refractivity contribution in [2.75, 3.05) is 6.61 Å². The van der Waals surface area contributed by atoms with Crippen LogP contribution in [0.3, 0.4) is 0 Å². The van der Waals surface area contributed by atoms with E-state index in [0.29, 0.717) is 18.2 Å². The first kappa shape index (κ1) is 7.89. The monoisotopic (exact) mass is 183 g/mol. The van der Waals surface area contributed by atoms with Crippen molar-refractivity contribution in [3.05, 3.63) is 27.5 Å². The van der Waals surface area contributed by atoms with Crippen LogP contribution >= 0.6 is 12.6 Å². The zero-order valence-electron chi connectivity index (χ0n) is 6.46. The van der Waals surface area contributed by atoms with Crippen molar-refractivity contribution >= 4 is 12.6 Å². The molecule has 12 heavy (non-hydrogen) atoms. The number of aromatic nitrogens is 1. The molecule has 2 heterocycles. The third kappa shape index (κ3) is 1.28. The summed E-state index contributed by atoms with van der Waals surface area (Å²) >= 11 is 4.17. The average molecular weight is 183 g/mol. The molecule has 0 atom stereocenters. The fourth-order valence-corrected chi connectivity index (χ4v) is 1.68. The quantitative estimate of drug-likeness (QED) is 0.582. The number of ether oxygens (including phenoxy) is 1. The van der Waals surface area contributed by atoms with Crippen molar-refractivity contribution in [3.8, 4) is 0 Å². The van der Waals surface area contributed by atoms with E-state index >= 15 is 0 Å². The zero-order chi connectivity index (χ0) is 8.55. The lowest BCUT2D eigenvalue weighted by Crippen LogP contribution is -2.17. The highest BCUT2D eigenvalue weighted by molar-refractivity contribution is 7.80. The van der Waals surface area contributed by atoms with Gasteiger partial charge in [0.25, 0.3) is 0 Å². The van der Waals surface area contributed by atoms with E-state index in [1.165, 1.54) is 0 Å². The van der Waals surface area contributed by atoms with Gasteiger partial charge in [-0.25, -0.2) is 0 Å². The number of fused-ring (bicyclic) bond motifs is 1. The summed E-state index contributed by atoms with van der Waals surface area (Å²) in [4.78, 5) is 13.6. The van der Waals surface area contributed by atoms with Gasteiger partial charge in [0.15, 0.2) is 0 Å². The predicted molar refractivity (Wildman–Crippen MR) is 47.7 cm³/mol. The Hall–Kier alpha value is -0.740. The largest absolute Gasteiger partial charge is 0.376 e. The number of nitrogens with one attached hydrogen (secondary N) is 1. The van der Waals surface area contributed by atoms with Crippen molar-refractivity contribution in [1.82, 2.24) is 4.98 Å². The number of H-pyrrole nitrogens is 1. The number of aromatic amines is 1. The molecule has 0 aromatic carbocycles. The summed E-state index contributed by atoms with van der Waals surface area (Å²) in [5.74, 6) is 0. The SMILES string of the molecule is O=c1cc2c(c(S)[nH]1)COCC2. The Labute approximate surface area is 75.2 Å². The van der Waals surface area contributed by atoms with Gasteiger partial charge in [0.05, 0.1) is 18.2 Å². The van der Waals surface area contributed by atoms with E-state index in [4.69, 9.17) is 4.74 Å². The minimum Gasteiger partial charge on any atom is -0.376 e. The molecule has 0 saturated heterocycles. The molecule has 64 valence electrons. The number of pyridine rings is 1. The van der Waals surface area contributed by atoms with Crippen LogP contribution in [0.1, 0.15) is 11.1 Å². The van der Waals surface area contributed by atoms with E-state index < -0.39 is 0 Å². The van der Waals surface area contributed by atoms with Gasteiger partial charge in [-0.1, -0.05) is 0 Å². The van der Waals surface area contributed by atoms with Crippen LogP contribution in [0.25, 0.3) is 0 Å². The van der Waals surface area contributed by atoms with Crippen molar-refractivity contribution in [2.45, 2.75) is 18.1 Å². The molecular weight excluding hydrogens is 174 g/mol. The molecule has 1 aliphatic heterocycles. The van der Waals surface area contributed by atoms with Crippen LogP contribution in [0.5, 0.6) is 0 Å². The van der Waals surface area contributed by atoms with Crippen LogP contribution in [-0.2, 0) is 17.8 Å². The fraction of sp³-hybridized carbons (Fsp3) is 0.375. The Morgan fingerprint density at radius 1 is 1.58 bits per heavy atom. The smallest absolute Gasteiger partial charge is 0.249 e. The van der Waals surface area contributed by atoms with E-state index in [0.717, 1.165) is 17.5 Å². The third-order valence-corrected chi connectivity index (χ3v) is 2.36. The molecule has 0 aliphatic carbocycles. The second-order valence-electron chi connectivity index (χ2n) is 2.79. The van der Waals surface area contributed by atoms with Gasteiger partial charge in [-0.3, -0.25) is 4.79 Å². The molecule has 0 bridgehead atoms. The molecule has 0 spiro atoms. The van der Waals surface area contributed by atoms with E-state index in [1.807, 2.05) is 0 Å². The lowest BCUT2D eigenvalue weighted by molar-refractivity contribution is 0.108. The van der Waals surface area contributed by atoms with E-state index in [-0.39, 0.29) is 5.56 Å². The Morgan fingerprint density at radius 3 is 3.25 bits per heavy atom. The molecule has 4 heteroatoms. The Morgan fingerprint density at radius 2 is 2.42 bits per heavy atom. The second-order valence-corrected chi connectivity index (χ2v) is 3.24. The Balaban J connectivity index is 2.60. The van der Waals surface area contributed by atoms with Gasteiger partial charge in [-0.15, -0.1) is 12.6 Å². The topological polar surface area (TPSA) is 42.1 Å². The van der Waals surface area contributed by atoms with Crippen LogP contribution in [0.15, 0.2) is 15.9 Å². The highest BCUT2D eigenvalue weighted by atomic mass is 32.1.